The Bertz CT molecular complexity index is 913. The molecule has 1 N–H and O–H groups in total. The number of fused-ring (bicyclic) bond motifs is 3. The molecule has 1 amide bonds. The van der Waals surface area contributed by atoms with Crippen molar-refractivity contribution in [3.63, 3.8) is 0 Å². The van der Waals surface area contributed by atoms with Crippen molar-refractivity contribution in [1.82, 2.24) is 4.90 Å². The molecule has 3 atom stereocenters. The van der Waals surface area contributed by atoms with E-state index in [1.165, 1.54) is 16.7 Å². The van der Waals surface area contributed by atoms with E-state index in [9.17, 15) is 4.79 Å². The monoisotopic (exact) mass is 374 g/mol. The average molecular weight is 374 g/mol. The number of benzene rings is 2. The molecule has 28 heavy (non-hydrogen) atoms. The number of hydrogen-bond acceptors (Lipinski definition) is 3. The molecule has 3 aliphatic rings. The third-order valence-corrected chi connectivity index (χ3v) is 6.34. The number of aryl methyl sites for hydroxylation is 1. The number of ether oxygens (including phenoxy) is 1. The fourth-order valence-corrected chi connectivity index (χ4v) is 4.78. The van der Waals surface area contributed by atoms with Crippen molar-refractivity contribution < 1.29 is 9.53 Å². The Kier molecular flexibility index (Phi) is 4.44. The lowest BCUT2D eigenvalue weighted by Gasteiger charge is -2.38. The maximum atomic E-state index is 12.9. The summed E-state index contributed by atoms with van der Waals surface area (Å²) in [7, 11) is 0. The minimum Gasteiger partial charge on any atom is -0.378 e. The summed E-state index contributed by atoms with van der Waals surface area (Å²) in [6.45, 7) is 4.74. The number of morpholine rings is 1. The molecular weight excluding hydrogens is 348 g/mol. The van der Waals surface area contributed by atoms with E-state index in [4.69, 9.17) is 4.74 Å². The van der Waals surface area contributed by atoms with Crippen molar-refractivity contribution in [2.24, 2.45) is 5.92 Å². The first-order valence-corrected chi connectivity index (χ1v) is 10.2. The zero-order valence-electron chi connectivity index (χ0n) is 16.2. The summed E-state index contributed by atoms with van der Waals surface area (Å²) in [6, 6.07) is 15.3. The summed E-state index contributed by atoms with van der Waals surface area (Å²) in [6.07, 6.45) is 5.69. The largest absolute Gasteiger partial charge is 0.378 e. The third kappa shape index (κ3) is 3.02. The van der Waals surface area contributed by atoms with Gasteiger partial charge in [0.25, 0.3) is 5.91 Å². The first-order chi connectivity index (χ1) is 13.7. The molecule has 4 heteroatoms. The second kappa shape index (κ2) is 7.10. The van der Waals surface area contributed by atoms with Crippen LogP contribution in [-0.4, -0.2) is 37.1 Å². The smallest absolute Gasteiger partial charge is 0.254 e. The molecule has 144 valence electrons. The van der Waals surface area contributed by atoms with Crippen LogP contribution in [0.5, 0.6) is 0 Å². The summed E-state index contributed by atoms with van der Waals surface area (Å²) < 4.78 is 5.38. The van der Waals surface area contributed by atoms with Crippen molar-refractivity contribution >= 4 is 11.6 Å². The van der Waals surface area contributed by atoms with Gasteiger partial charge in [0.15, 0.2) is 0 Å². The van der Waals surface area contributed by atoms with Gasteiger partial charge in [-0.25, -0.2) is 0 Å². The zero-order chi connectivity index (χ0) is 19.1. The number of hydrogen-bond donors (Lipinski definition) is 1. The van der Waals surface area contributed by atoms with Crippen LogP contribution in [0, 0.1) is 12.8 Å². The van der Waals surface area contributed by atoms with Gasteiger partial charge < -0.3 is 15.0 Å². The molecule has 2 heterocycles. The number of anilines is 1. The van der Waals surface area contributed by atoms with Gasteiger partial charge in [-0.05, 0) is 48.6 Å². The second-order valence-corrected chi connectivity index (χ2v) is 8.09. The quantitative estimate of drug-likeness (QED) is 0.797. The third-order valence-electron chi connectivity index (χ3n) is 6.34. The van der Waals surface area contributed by atoms with E-state index < -0.39 is 0 Å². The first kappa shape index (κ1) is 17.5. The Morgan fingerprint density at radius 3 is 2.68 bits per heavy atom. The lowest BCUT2D eigenvalue weighted by atomic mass is 9.76. The Morgan fingerprint density at radius 1 is 1.11 bits per heavy atom. The molecule has 2 aromatic carbocycles. The molecule has 1 saturated heterocycles. The van der Waals surface area contributed by atoms with E-state index in [2.05, 4.69) is 60.8 Å². The van der Waals surface area contributed by atoms with Crippen LogP contribution in [0.15, 0.2) is 54.6 Å². The molecule has 5 rings (SSSR count). The zero-order valence-corrected chi connectivity index (χ0v) is 16.2. The standard InChI is InChI=1S/C24H26N2O2/c1-16-5-7-17(8-6-16)23-20-4-2-3-19(20)21-15-18(9-10-22(21)25-23)24(27)26-11-13-28-14-12-26/h2-3,5-10,15,19-20,23,25H,4,11-14H2,1H3. The molecule has 4 nitrogen and oxygen atoms in total. The van der Waals surface area contributed by atoms with Crippen LogP contribution in [0.1, 0.15) is 45.4 Å². The van der Waals surface area contributed by atoms with Crippen LogP contribution in [0.25, 0.3) is 0 Å². The van der Waals surface area contributed by atoms with E-state index in [0.717, 1.165) is 17.7 Å². The highest BCUT2D eigenvalue weighted by Gasteiger charge is 2.38. The van der Waals surface area contributed by atoms with Gasteiger partial charge in [-0.2, -0.15) is 0 Å². The molecule has 0 bridgehead atoms. The Labute approximate surface area is 166 Å². The number of nitrogens with zero attached hydrogens (tertiary/aromatic N) is 1. The lowest BCUT2D eigenvalue weighted by Crippen LogP contribution is -2.40. The number of carbonyl (C=O) groups is 1. The molecule has 0 spiro atoms. The van der Waals surface area contributed by atoms with Gasteiger partial charge in [0.05, 0.1) is 19.3 Å². The summed E-state index contributed by atoms with van der Waals surface area (Å²) in [5.41, 5.74) is 5.81. The fraction of sp³-hybridized carbons (Fsp3) is 0.375. The van der Waals surface area contributed by atoms with E-state index in [1.54, 1.807) is 0 Å². The molecule has 3 unspecified atom stereocenters. The SMILES string of the molecule is Cc1ccc(C2Nc3ccc(C(=O)N4CCOCC4)cc3C3C=CCC32)cc1. The minimum atomic E-state index is 0.116. The highest BCUT2D eigenvalue weighted by atomic mass is 16.5. The molecule has 0 saturated carbocycles. The van der Waals surface area contributed by atoms with Gasteiger partial charge in [0, 0.05) is 30.3 Å². The predicted molar refractivity (Wildman–Crippen MR) is 111 cm³/mol. The molecule has 1 fully saturated rings. The van der Waals surface area contributed by atoms with Gasteiger partial charge in [-0.3, -0.25) is 4.79 Å². The Morgan fingerprint density at radius 2 is 1.89 bits per heavy atom. The molecule has 0 aromatic heterocycles. The van der Waals surface area contributed by atoms with Crippen molar-refractivity contribution in [3.8, 4) is 0 Å². The number of nitrogens with one attached hydrogen (secondary N) is 1. The highest BCUT2D eigenvalue weighted by Crippen LogP contribution is 2.50. The maximum absolute atomic E-state index is 12.9. The van der Waals surface area contributed by atoms with Gasteiger partial charge in [-0.1, -0.05) is 42.0 Å². The normalized spacial score (nSPS) is 25.8. The number of carbonyl (C=O) groups excluding carboxylic acids is 1. The molecule has 0 radical (unpaired) electrons. The first-order valence-electron chi connectivity index (χ1n) is 10.2. The summed E-state index contributed by atoms with van der Waals surface area (Å²) in [4.78, 5) is 14.8. The predicted octanol–water partition coefficient (Wildman–Crippen LogP) is 4.29. The molecule has 2 aromatic rings. The summed E-state index contributed by atoms with van der Waals surface area (Å²) >= 11 is 0. The number of rotatable bonds is 2. The van der Waals surface area contributed by atoms with Gasteiger partial charge >= 0.3 is 0 Å². The highest BCUT2D eigenvalue weighted by molar-refractivity contribution is 5.95. The van der Waals surface area contributed by atoms with Crippen molar-refractivity contribution in [1.29, 1.82) is 0 Å². The van der Waals surface area contributed by atoms with Crippen LogP contribution in [0.4, 0.5) is 5.69 Å². The van der Waals surface area contributed by atoms with Gasteiger partial charge in [0.1, 0.15) is 0 Å². The van der Waals surface area contributed by atoms with Crippen LogP contribution in [-0.2, 0) is 4.74 Å². The summed E-state index contributed by atoms with van der Waals surface area (Å²) in [5.74, 6) is 0.967. The Hall–Kier alpha value is -2.59. The van der Waals surface area contributed by atoms with E-state index in [-0.39, 0.29) is 5.91 Å². The van der Waals surface area contributed by atoms with Crippen molar-refractivity contribution in [2.45, 2.75) is 25.3 Å². The van der Waals surface area contributed by atoms with Crippen LogP contribution in [0.2, 0.25) is 0 Å². The molecule has 1 aliphatic carbocycles. The van der Waals surface area contributed by atoms with Crippen molar-refractivity contribution in [3.05, 3.63) is 76.9 Å². The second-order valence-electron chi connectivity index (χ2n) is 8.09. The number of amides is 1. The molecular formula is C24H26N2O2. The lowest BCUT2D eigenvalue weighted by molar-refractivity contribution is 0.0303. The van der Waals surface area contributed by atoms with Gasteiger partial charge in [-0.15, -0.1) is 0 Å². The molecule has 2 aliphatic heterocycles. The van der Waals surface area contributed by atoms with Crippen LogP contribution in [0.3, 0.4) is 0 Å². The number of allylic oxidation sites excluding steroid dienone is 2. The minimum absolute atomic E-state index is 0.116. The van der Waals surface area contributed by atoms with E-state index in [1.807, 2.05) is 11.0 Å². The fourth-order valence-electron chi connectivity index (χ4n) is 4.78. The van der Waals surface area contributed by atoms with E-state index >= 15 is 0 Å². The van der Waals surface area contributed by atoms with Crippen LogP contribution >= 0.6 is 0 Å². The van der Waals surface area contributed by atoms with Gasteiger partial charge in [0.2, 0.25) is 0 Å². The van der Waals surface area contributed by atoms with Crippen LogP contribution < -0.4 is 5.32 Å². The average Bonchev–Trinajstić information content (AvgIpc) is 3.24. The maximum Gasteiger partial charge on any atom is 0.254 e. The Balaban J connectivity index is 1.47. The topological polar surface area (TPSA) is 41.6 Å². The van der Waals surface area contributed by atoms with Crippen molar-refractivity contribution in [2.75, 3.05) is 31.6 Å². The summed E-state index contributed by atoms with van der Waals surface area (Å²) in [5, 5.41) is 3.76. The van der Waals surface area contributed by atoms with E-state index in [0.29, 0.717) is 44.2 Å².